The van der Waals surface area contributed by atoms with E-state index < -0.39 is 30.9 Å². The molecule has 16 heavy (non-hydrogen) atoms. The summed E-state index contributed by atoms with van der Waals surface area (Å²) < 4.78 is 0. The quantitative estimate of drug-likeness (QED) is 0.463. The van der Waals surface area contributed by atoms with Crippen LogP contribution in [0.25, 0.3) is 0 Å². The van der Waals surface area contributed by atoms with Gasteiger partial charge in [-0.15, -0.1) is 0 Å². The van der Waals surface area contributed by atoms with E-state index in [2.05, 4.69) is 5.32 Å². The van der Waals surface area contributed by atoms with Crippen molar-refractivity contribution in [3.8, 4) is 0 Å². The molecule has 92 valence electrons. The number of amides is 1. The molecule has 0 radical (unpaired) electrons. The third kappa shape index (κ3) is 6.77. The van der Waals surface area contributed by atoms with E-state index in [1.165, 1.54) is 0 Å². The molecule has 1 amide bonds. The van der Waals surface area contributed by atoms with Gasteiger partial charge in [0.1, 0.15) is 13.1 Å². The lowest BCUT2D eigenvalue weighted by atomic mass is 10.2. The first-order valence-electron chi connectivity index (χ1n) is 4.83. The van der Waals surface area contributed by atoms with Crippen molar-refractivity contribution < 1.29 is 24.6 Å². The fraction of sp³-hybridized carbons (Fsp3) is 0.667. The summed E-state index contributed by atoms with van der Waals surface area (Å²) in [5.74, 6) is -2.90. The van der Waals surface area contributed by atoms with Crippen LogP contribution in [-0.2, 0) is 14.4 Å². The van der Waals surface area contributed by atoms with Gasteiger partial charge in [0, 0.05) is 6.42 Å². The number of carboxylic acids is 2. The Bertz CT molecular complexity index is 251. The van der Waals surface area contributed by atoms with Gasteiger partial charge in [0.2, 0.25) is 5.91 Å². The Morgan fingerprint density at radius 3 is 2.00 bits per heavy atom. The first kappa shape index (κ1) is 14.4. The molecule has 3 N–H and O–H groups in total. The summed E-state index contributed by atoms with van der Waals surface area (Å²) in [6.07, 6.45) is 0.687. The number of carbonyl (C=O) groups excluding carboxylic acids is 1. The average molecular weight is 232 g/mol. The average Bonchev–Trinajstić information content (AvgIpc) is 2.15. The molecule has 0 atom stereocenters. The van der Waals surface area contributed by atoms with Crippen LogP contribution in [0.15, 0.2) is 0 Å². The zero-order valence-corrected chi connectivity index (χ0v) is 9.10. The summed E-state index contributed by atoms with van der Waals surface area (Å²) in [4.78, 5) is 33.1. The molecule has 0 aliphatic carbocycles. The minimum Gasteiger partial charge on any atom is -0.480 e. The zero-order valence-electron chi connectivity index (χ0n) is 9.10. The Morgan fingerprint density at radius 1 is 1.12 bits per heavy atom. The second-order valence-electron chi connectivity index (χ2n) is 3.24. The van der Waals surface area contributed by atoms with E-state index in [9.17, 15) is 14.4 Å². The summed E-state index contributed by atoms with van der Waals surface area (Å²) in [6.45, 7) is -0.533. The van der Waals surface area contributed by atoms with Crippen LogP contribution in [0.2, 0.25) is 0 Å². The first-order chi connectivity index (χ1) is 7.47. The summed E-state index contributed by atoms with van der Waals surface area (Å²) in [7, 11) is 1.73. The normalized spacial score (nSPS) is 9.81. The highest BCUT2D eigenvalue weighted by Crippen LogP contribution is 1.97. The molecule has 7 heteroatoms. The van der Waals surface area contributed by atoms with Gasteiger partial charge in [0.15, 0.2) is 0 Å². The van der Waals surface area contributed by atoms with Crippen LogP contribution in [0.3, 0.4) is 0 Å². The molecule has 0 aromatic rings. The van der Waals surface area contributed by atoms with Crippen molar-refractivity contribution in [2.45, 2.75) is 12.8 Å². The maximum Gasteiger partial charge on any atom is 0.323 e. The van der Waals surface area contributed by atoms with Crippen molar-refractivity contribution in [2.24, 2.45) is 0 Å². The van der Waals surface area contributed by atoms with Crippen molar-refractivity contribution in [2.75, 3.05) is 26.7 Å². The Balaban J connectivity index is 4.20. The van der Waals surface area contributed by atoms with Crippen molar-refractivity contribution in [3.05, 3.63) is 0 Å². The second kappa shape index (κ2) is 7.63. The Hall–Kier alpha value is -1.63. The third-order valence-electron chi connectivity index (χ3n) is 1.82. The molecule has 0 unspecified atom stereocenters. The molecule has 0 aromatic carbocycles. The van der Waals surface area contributed by atoms with Gasteiger partial charge in [0.25, 0.3) is 0 Å². The monoisotopic (exact) mass is 232 g/mol. The van der Waals surface area contributed by atoms with Gasteiger partial charge < -0.3 is 20.4 Å². The first-order valence-corrected chi connectivity index (χ1v) is 4.83. The predicted molar refractivity (Wildman–Crippen MR) is 55.0 cm³/mol. The maximum atomic E-state index is 11.5. The van der Waals surface area contributed by atoms with E-state index in [-0.39, 0.29) is 6.42 Å². The number of nitrogens with one attached hydrogen (secondary N) is 1. The number of rotatable bonds is 8. The second-order valence-corrected chi connectivity index (χ2v) is 3.24. The van der Waals surface area contributed by atoms with E-state index in [4.69, 9.17) is 10.2 Å². The standard InChI is InChI=1S/C9H16N2O5/c1-10-4-2-3-7(12)11(5-8(13)14)6-9(15)16/h10H,2-6H2,1H3,(H,13,14)(H,15,16). The maximum absolute atomic E-state index is 11.5. The van der Waals surface area contributed by atoms with Gasteiger partial charge in [-0.1, -0.05) is 0 Å². The van der Waals surface area contributed by atoms with Gasteiger partial charge >= 0.3 is 11.9 Å². The van der Waals surface area contributed by atoms with Gasteiger partial charge in [-0.05, 0) is 20.0 Å². The molecule has 7 nitrogen and oxygen atoms in total. The van der Waals surface area contributed by atoms with Crippen molar-refractivity contribution >= 4 is 17.8 Å². The van der Waals surface area contributed by atoms with Crippen molar-refractivity contribution in [1.82, 2.24) is 10.2 Å². The van der Waals surface area contributed by atoms with Crippen LogP contribution in [0.5, 0.6) is 0 Å². The lowest BCUT2D eigenvalue weighted by Crippen LogP contribution is -2.39. The molecule has 0 saturated carbocycles. The van der Waals surface area contributed by atoms with Crippen LogP contribution < -0.4 is 5.32 Å². The van der Waals surface area contributed by atoms with Gasteiger partial charge in [-0.2, -0.15) is 0 Å². The molecule has 0 spiro atoms. The van der Waals surface area contributed by atoms with Gasteiger partial charge in [-0.25, -0.2) is 0 Å². The summed E-state index contributed by atoms with van der Waals surface area (Å²) in [6, 6.07) is 0. The molecular formula is C9H16N2O5. The third-order valence-corrected chi connectivity index (χ3v) is 1.82. The number of hydrogen-bond acceptors (Lipinski definition) is 4. The largest absolute Gasteiger partial charge is 0.480 e. The van der Waals surface area contributed by atoms with E-state index in [1.807, 2.05) is 0 Å². The molecule has 0 aromatic heterocycles. The summed E-state index contributed by atoms with van der Waals surface area (Å²) in [5, 5.41) is 19.9. The van der Waals surface area contributed by atoms with Crippen LogP contribution in [0, 0.1) is 0 Å². The van der Waals surface area contributed by atoms with E-state index in [1.54, 1.807) is 7.05 Å². The molecule has 0 fully saturated rings. The highest BCUT2D eigenvalue weighted by molar-refractivity contribution is 5.85. The highest BCUT2D eigenvalue weighted by Gasteiger charge is 2.18. The molecule has 0 aliphatic rings. The van der Waals surface area contributed by atoms with E-state index in [0.717, 1.165) is 4.90 Å². The summed E-state index contributed by atoms with van der Waals surface area (Å²) in [5.41, 5.74) is 0. The lowest BCUT2D eigenvalue weighted by Gasteiger charge is -2.18. The number of nitrogens with zero attached hydrogens (tertiary/aromatic N) is 1. The lowest BCUT2D eigenvalue weighted by molar-refractivity contribution is -0.149. The minimum absolute atomic E-state index is 0.140. The van der Waals surface area contributed by atoms with Crippen molar-refractivity contribution in [3.63, 3.8) is 0 Å². The van der Waals surface area contributed by atoms with Gasteiger partial charge in [0.05, 0.1) is 0 Å². The smallest absolute Gasteiger partial charge is 0.323 e. The zero-order chi connectivity index (χ0) is 12.6. The molecule has 0 heterocycles. The fourth-order valence-electron chi connectivity index (χ4n) is 1.13. The Morgan fingerprint density at radius 2 is 1.62 bits per heavy atom. The Kier molecular flexibility index (Phi) is 6.86. The molecular weight excluding hydrogens is 216 g/mol. The number of carboxylic acid groups (broad SMARTS) is 2. The highest BCUT2D eigenvalue weighted by atomic mass is 16.4. The van der Waals surface area contributed by atoms with Crippen LogP contribution in [0.4, 0.5) is 0 Å². The number of aliphatic carboxylic acids is 2. The topological polar surface area (TPSA) is 107 Å². The van der Waals surface area contributed by atoms with Crippen LogP contribution in [0.1, 0.15) is 12.8 Å². The Labute approximate surface area is 93.0 Å². The van der Waals surface area contributed by atoms with E-state index in [0.29, 0.717) is 13.0 Å². The van der Waals surface area contributed by atoms with E-state index >= 15 is 0 Å². The molecule has 0 rings (SSSR count). The van der Waals surface area contributed by atoms with Crippen LogP contribution in [-0.4, -0.2) is 59.6 Å². The fourth-order valence-corrected chi connectivity index (χ4v) is 1.13. The SMILES string of the molecule is CNCCCC(=O)N(CC(=O)O)CC(=O)O. The number of hydrogen-bond donors (Lipinski definition) is 3. The summed E-state index contributed by atoms with van der Waals surface area (Å²) >= 11 is 0. The molecule has 0 aliphatic heterocycles. The minimum atomic E-state index is -1.22. The molecule has 0 bridgehead atoms. The predicted octanol–water partition coefficient (Wildman–Crippen LogP) is -1.02. The molecule has 0 saturated heterocycles. The van der Waals surface area contributed by atoms with Gasteiger partial charge in [-0.3, -0.25) is 14.4 Å². The van der Waals surface area contributed by atoms with Crippen LogP contribution >= 0.6 is 0 Å². The van der Waals surface area contributed by atoms with Crippen molar-refractivity contribution in [1.29, 1.82) is 0 Å². The number of carbonyl (C=O) groups is 3.